The molecule has 0 aliphatic carbocycles. The summed E-state index contributed by atoms with van der Waals surface area (Å²) in [5.74, 6) is 0. The zero-order valence-corrected chi connectivity index (χ0v) is 9.50. The summed E-state index contributed by atoms with van der Waals surface area (Å²) in [6.07, 6.45) is 4.85. The molecule has 0 unspecified atom stereocenters. The number of halogens is 1. The molecule has 82 valence electrons. The van der Waals surface area contributed by atoms with Crippen LogP contribution in [-0.4, -0.2) is 24.2 Å². The average Bonchev–Trinajstić information content (AvgIpc) is 2.71. The Balaban J connectivity index is 2.00. The molecule has 0 saturated carbocycles. The van der Waals surface area contributed by atoms with Gasteiger partial charge in [-0.1, -0.05) is 11.6 Å². The summed E-state index contributed by atoms with van der Waals surface area (Å²) in [7, 11) is 0. The van der Waals surface area contributed by atoms with Gasteiger partial charge in [0.15, 0.2) is 0 Å². The van der Waals surface area contributed by atoms with Crippen molar-refractivity contribution in [3.05, 3.63) is 29.0 Å². The zero-order valence-electron chi connectivity index (χ0n) is 8.74. The molecule has 0 spiro atoms. The van der Waals surface area contributed by atoms with Crippen molar-refractivity contribution in [1.82, 2.24) is 10.3 Å². The lowest BCUT2D eigenvalue weighted by Crippen LogP contribution is -2.18. The van der Waals surface area contributed by atoms with Crippen LogP contribution in [0.2, 0.25) is 5.02 Å². The maximum atomic E-state index is 6.07. The van der Waals surface area contributed by atoms with Gasteiger partial charge in [-0.25, -0.2) is 0 Å². The smallest absolute Gasteiger partial charge is 0.0830 e. The Bertz CT molecular complexity index is 326. The zero-order chi connectivity index (χ0) is 10.7. The predicted octanol–water partition coefficient (Wildman–Crippen LogP) is 2.17. The van der Waals surface area contributed by atoms with Crippen LogP contribution in [0.5, 0.6) is 0 Å². The van der Waals surface area contributed by atoms with Gasteiger partial charge in [0.2, 0.25) is 0 Å². The number of aromatic nitrogens is 1. The van der Waals surface area contributed by atoms with Gasteiger partial charge in [0.1, 0.15) is 0 Å². The molecule has 1 aromatic rings. The molecule has 3 nitrogen and oxygen atoms in total. The first kappa shape index (κ1) is 10.9. The summed E-state index contributed by atoms with van der Waals surface area (Å²) in [5.41, 5.74) is 0.964. The van der Waals surface area contributed by atoms with Crippen molar-refractivity contribution < 1.29 is 4.74 Å². The van der Waals surface area contributed by atoms with Crippen molar-refractivity contribution in [2.45, 2.75) is 25.6 Å². The van der Waals surface area contributed by atoms with Crippen LogP contribution in [-0.2, 0) is 4.74 Å². The van der Waals surface area contributed by atoms with Crippen molar-refractivity contribution in [2.75, 3.05) is 13.1 Å². The van der Waals surface area contributed by atoms with Gasteiger partial charge in [-0.15, -0.1) is 0 Å². The fourth-order valence-electron chi connectivity index (χ4n) is 1.80. The van der Waals surface area contributed by atoms with Gasteiger partial charge in [-0.3, -0.25) is 4.98 Å². The van der Waals surface area contributed by atoms with Crippen molar-refractivity contribution in [1.29, 1.82) is 0 Å². The maximum Gasteiger partial charge on any atom is 0.0830 e. The van der Waals surface area contributed by atoms with Crippen LogP contribution in [0.3, 0.4) is 0 Å². The second kappa shape index (κ2) is 4.92. The number of hydrogen-bond donors (Lipinski definition) is 1. The van der Waals surface area contributed by atoms with Crippen LogP contribution in [0.25, 0.3) is 0 Å². The summed E-state index contributed by atoms with van der Waals surface area (Å²) in [6, 6.07) is 1.80. The Morgan fingerprint density at radius 3 is 3.20 bits per heavy atom. The minimum absolute atomic E-state index is 0.0103. The highest BCUT2D eigenvalue weighted by Crippen LogP contribution is 2.26. The number of hydrogen-bond acceptors (Lipinski definition) is 3. The first-order valence-corrected chi connectivity index (χ1v) is 5.61. The second-order valence-corrected chi connectivity index (χ2v) is 4.20. The maximum absolute atomic E-state index is 6.07. The average molecular weight is 227 g/mol. The highest BCUT2D eigenvalue weighted by molar-refractivity contribution is 6.31. The molecule has 0 radical (unpaired) electrons. The predicted molar refractivity (Wildman–Crippen MR) is 60.0 cm³/mol. The molecule has 2 atom stereocenters. The van der Waals surface area contributed by atoms with E-state index in [4.69, 9.17) is 16.3 Å². The van der Waals surface area contributed by atoms with Crippen LogP contribution in [0.4, 0.5) is 0 Å². The Kier molecular flexibility index (Phi) is 3.57. The normalized spacial score (nSPS) is 22.9. The number of nitrogens with one attached hydrogen (secondary N) is 1. The lowest BCUT2D eigenvalue weighted by molar-refractivity contribution is 0.00817. The number of nitrogens with zero attached hydrogens (tertiary/aromatic N) is 1. The fourth-order valence-corrected chi connectivity index (χ4v) is 2.05. The molecular weight excluding hydrogens is 212 g/mol. The Morgan fingerprint density at radius 2 is 2.53 bits per heavy atom. The van der Waals surface area contributed by atoms with E-state index in [2.05, 4.69) is 10.3 Å². The van der Waals surface area contributed by atoms with E-state index in [-0.39, 0.29) is 6.10 Å². The number of ether oxygens (including phenoxy) is 1. The summed E-state index contributed by atoms with van der Waals surface area (Å²) in [6.45, 7) is 3.99. The number of pyridine rings is 1. The van der Waals surface area contributed by atoms with Gasteiger partial charge >= 0.3 is 0 Å². The lowest BCUT2D eigenvalue weighted by Gasteiger charge is -2.18. The highest BCUT2D eigenvalue weighted by Gasteiger charge is 2.19. The SMILES string of the molecule is C[C@H](O[C@H]1CCNC1)c1cnccc1Cl. The topological polar surface area (TPSA) is 34.1 Å². The van der Waals surface area contributed by atoms with Crippen molar-refractivity contribution in [2.24, 2.45) is 0 Å². The third-order valence-electron chi connectivity index (χ3n) is 2.65. The minimum atomic E-state index is 0.0103. The summed E-state index contributed by atoms with van der Waals surface area (Å²) in [4.78, 5) is 4.06. The van der Waals surface area contributed by atoms with E-state index in [1.165, 1.54) is 0 Å². The van der Waals surface area contributed by atoms with E-state index in [0.717, 1.165) is 30.1 Å². The molecule has 1 aliphatic heterocycles. The fraction of sp³-hybridized carbons (Fsp3) is 0.545. The molecule has 2 heterocycles. The summed E-state index contributed by atoms with van der Waals surface area (Å²) < 4.78 is 5.89. The van der Waals surface area contributed by atoms with Gasteiger partial charge in [0.25, 0.3) is 0 Å². The van der Waals surface area contributed by atoms with Gasteiger partial charge in [0, 0.05) is 29.5 Å². The van der Waals surface area contributed by atoms with Gasteiger partial charge in [-0.2, -0.15) is 0 Å². The molecule has 1 saturated heterocycles. The summed E-state index contributed by atoms with van der Waals surface area (Å²) in [5, 5.41) is 4.00. The largest absolute Gasteiger partial charge is 0.369 e. The Morgan fingerprint density at radius 1 is 1.67 bits per heavy atom. The lowest BCUT2D eigenvalue weighted by atomic mass is 10.2. The van der Waals surface area contributed by atoms with Gasteiger partial charge < -0.3 is 10.1 Å². The van der Waals surface area contributed by atoms with Crippen LogP contribution in [0, 0.1) is 0 Å². The Labute approximate surface area is 94.8 Å². The second-order valence-electron chi connectivity index (χ2n) is 3.79. The molecule has 0 amide bonds. The molecule has 1 N–H and O–H groups in total. The van der Waals surface area contributed by atoms with Crippen LogP contribution >= 0.6 is 11.6 Å². The molecule has 0 aromatic carbocycles. The molecule has 1 aromatic heterocycles. The molecule has 1 aliphatic rings. The van der Waals surface area contributed by atoms with Crippen molar-refractivity contribution in [3.63, 3.8) is 0 Å². The monoisotopic (exact) mass is 226 g/mol. The minimum Gasteiger partial charge on any atom is -0.369 e. The van der Waals surface area contributed by atoms with E-state index >= 15 is 0 Å². The molecule has 15 heavy (non-hydrogen) atoms. The molecule has 0 bridgehead atoms. The molecule has 4 heteroatoms. The standard InChI is InChI=1S/C11H15ClN2O/c1-8(15-9-2-4-13-6-9)10-7-14-5-3-11(10)12/h3,5,7-9,13H,2,4,6H2,1H3/t8-,9-/m0/s1. The number of rotatable bonds is 3. The third-order valence-corrected chi connectivity index (χ3v) is 2.99. The van der Waals surface area contributed by atoms with E-state index in [9.17, 15) is 0 Å². The Hall–Kier alpha value is -0.640. The van der Waals surface area contributed by atoms with E-state index in [0.29, 0.717) is 6.10 Å². The first-order valence-electron chi connectivity index (χ1n) is 5.23. The van der Waals surface area contributed by atoms with E-state index < -0.39 is 0 Å². The summed E-state index contributed by atoms with van der Waals surface area (Å²) >= 11 is 6.07. The molecule has 2 rings (SSSR count). The van der Waals surface area contributed by atoms with Crippen molar-refractivity contribution in [3.8, 4) is 0 Å². The van der Waals surface area contributed by atoms with Crippen LogP contribution < -0.4 is 5.32 Å². The third kappa shape index (κ3) is 2.68. The molecular formula is C11H15ClN2O. The van der Waals surface area contributed by atoms with Crippen molar-refractivity contribution >= 4 is 11.6 Å². The quantitative estimate of drug-likeness (QED) is 0.858. The van der Waals surface area contributed by atoms with E-state index in [1.807, 2.05) is 6.92 Å². The highest BCUT2D eigenvalue weighted by atomic mass is 35.5. The first-order chi connectivity index (χ1) is 7.27. The van der Waals surface area contributed by atoms with Crippen LogP contribution in [0.15, 0.2) is 18.5 Å². The molecule has 1 fully saturated rings. The van der Waals surface area contributed by atoms with Gasteiger partial charge in [-0.05, 0) is 26.0 Å². The van der Waals surface area contributed by atoms with Crippen LogP contribution in [0.1, 0.15) is 25.0 Å². The van der Waals surface area contributed by atoms with Gasteiger partial charge in [0.05, 0.1) is 12.2 Å². The van der Waals surface area contributed by atoms with E-state index in [1.54, 1.807) is 18.5 Å².